The van der Waals surface area contributed by atoms with E-state index in [0.29, 0.717) is 18.4 Å². The molecule has 0 bridgehead atoms. The lowest BCUT2D eigenvalue weighted by Crippen LogP contribution is -2.57. The van der Waals surface area contributed by atoms with Crippen molar-refractivity contribution in [2.24, 2.45) is 5.92 Å². The first kappa shape index (κ1) is 32.5. The van der Waals surface area contributed by atoms with Gasteiger partial charge in [-0.3, -0.25) is 19.1 Å². The minimum Gasteiger partial charge on any atom is -0.342 e. The Balaban J connectivity index is 1.90. The van der Waals surface area contributed by atoms with Crippen molar-refractivity contribution in [3.05, 3.63) is 77.4 Å². The Bertz CT molecular complexity index is 1470. The number of aryl methyl sites for hydroxylation is 2. The van der Waals surface area contributed by atoms with Gasteiger partial charge < -0.3 is 10.2 Å². The molecule has 0 radical (unpaired) electrons. The molecule has 0 saturated heterocycles. The average Bonchev–Trinajstić information content (AvgIpc) is 3.47. The van der Waals surface area contributed by atoms with Gasteiger partial charge in [-0.2, -0.15) is 5.10 Å². The fourth-order valence-corrected chi connectivity index (χ4v) is 5.79. The molecule has 0 spiro atoms. The monoisotopic (exact) mass is 596 g/mol. The summed E-state index contributed by atoms with van der Waals surface area (Å²) in [5, 5.41) is 6.85. The second-order valence-corrected chi connectivity index (χ2v) is 12.7. The summed E-state index contributed by atoms with van der Waals surface area (Å²) in [4.78, 5) is 45.8. The van der Waals surface area contributed by atoms with Crippen LogP contribution in [0.25, 0.3) is 5.69 Å². The molecule has 1 heterocycles. The van der Waals surface area contributed by atoms with Crippen LogP contribution in [0, 0.1) is 19.8 Å². The predicted octanol–water partition coefficient (Wildman–Crippen LogP) is 2.95. The van der Waals surface area contributed by atoms with Crippen LogP contribution in [0.1, 0.15) is 60.7 Å². The molecule has 0 saturated carbocycles. The summed E-state index contributed by atoms with van der Waals surface area (Å²) in [6.07, 6.45) is 4.21. The topological polar surface area (TPSA) is 143 Å². The van der Waals surface area contributed by atoms with Crippen molar-refractivity contribution >= 4 is 27.7 Å². The SMILES string of the molecule is CCCCS(=O)(=O)NC(=O)[C@@H](NC(=O)[C@H](Cc1ccc(-n2cncn2)cc1)N(C)C(=O)c1cc(C)cc(C)c1)C(C)C. The Morgan fingerprint density at radius 3 is 2.19 bits per heavy atom. The molecule has 226 valence electrons. The first-order valence-corrected chi connectivity index (χ1v) is 15.6. The Labute approximate surface area is 247 Å². The lowest BCUT2D eigenvalue weighted by atomic mass is 9.99. The minimum atomic E-state index is -3.85. The van der Waals surface area contributed by atoms with Crippen molar-refractivity contribution in [2.45, 2.75) is 66.0 Å². The van der Waals surface area contributed by atoms with Crippen molar-refractivity contribution in [1.29, 1.82) is 0 Å². The number of carbonyl (C=O) groups is 3. The van der Waals surface area contributed by atoms with Gasteiger partial charge in [-0.05, 0) is 56.0 Å². The van der Waals surface area contributed by atoms with Gasteiger partial charge in [-0.1, -0.05) is 56.5 Å². The van der Waals surface area contributed by atoms with Crippen LogP contribution >= 0.6 is 0 Å². The standard InChI is InChI=1S/C30H40N6O5S/c1-7-8-13-42(40,41)34-29(38)27(20(2)3)33-28(37)26(35(6)30(39)24-15-21(4)14-22(5)16-24)17-23-9-11-25(12-10-23)36-19-31-18-32-36/h9-12,14-16,18-20,26-27H,7-8,13,17H2,1-6H3,(H,33,37)(H,34,38)/t26-,27-/m0/s1. The van der Waals surface area contributed by atoms with Gasteiger partial charge in [0.15, 0.2) is 0 Å². The summed E-state index contributed by atoms with van der Waals surface area (Å²) in [6, 6.07) is 10.7. The molecule has 2 aromatic carbocycles. The van der Waals surface area contributed by atoms with Crippen molar-refractivity contribution in [1.82, 2.24) is 29.7 Å². The molecule has 1 aromatic heterocycles. The third-order valence-electron chi connectivity index (χ3n) is 6.88. The van der Waals surface area contributed by atoms with Crippen molar-refractivity contribution in [3.63, 3.8) is 0 Å². The number of nitrogens with one attached hydrogen (secondary N) is 2. The first-order chi connectivity index (χ1) is 19.8. The van der Waals surface area contributed by atoms with Gasteiger partial charge in [0.25, 0.3) is 11.8 Å². The highest BCUT2D eigenvalue weighted by Crippen LogP contribution is 2.17. The lowest BCUT2D eigenvalue weighted by Gasteiger charge is -2.30. The molecular formula is C30H40N6O5S. The Kier molecular flexibility index (Phi) is 11.0. The molecule has 2 atom stereocenters. The quantitative estimate of drug-likeness (QED) is 0.309. The summed E-state index contributed by atoms with van der Waals surface area (Å²) in [6.45, 7) is 9.07. The van der Waals surface area contributed by atoms with Gasteiger partial charge in [-0.15, -0.1) is 0 Å². The summed E-state index contributed by atoms with van der Waals surface area (Å²) in [7, 11) is -2.30. The third kappa shape index (κ3) is 8.72. The number of amides is 3. The van der Waals surface area contributed by atoms with E-state index in [9.17, 15) is 22.8 Å². The zero-order valence-electron chi connectivity index (χ0n) is 25.0. The largest absolute Gasteiger partial charge is 0.342 e. The number of likely N-dealkylation sites (N-methyl/N-ethyl adjacent to an activating group) is 1. The molecule has 0 aliphatic heterocycles. The van der Waals surface area contributed by atoms with Crippen LogP contribution < -0.4 is 10.0 Å². The Morgan fingerprint density at radius 1 is 1.00 bits per heavy atom. The highest BCUT2D eigenvalue weighted by atomic mass is 32.2. The van der Waals surface area contributed by atoms with Crippen LogP contribution in [0.2, 0.25) is 0 Å². The van der Waals surface area contributed by atoms with E-state index in [1.165, 1.54) is 11.2 Å². The molecule has 2 N–H and O–H groups in total. The number of sulfonamides is 1. The molecule has 3 aromatic rings. The van der Waals surface area contributed by atoms with E-state index in [-0.39, 0.29) is 18.1 Å². The number of carbonyl (C=O) groups excluding carboxylic acids is 3. The van der Waals surface area contributed by atoms with E-state index < -0.39 is 39.8 Å². The Morgan fingerprint density at radius 2 is 1.64 bits per heavy atom. The second-order valence-electron chi connectivity index (χ2n) is 10.9. The van der Waals surface area contributed by atoms with Gasteiger partial charge in [0.2, 0.25) is 15.9 Å². The zero-order valence-corrected chi connectivity index (χ0v) is 25.8. The third-order valence-corrected chi connectivity index (χ3v) is 8.22. The second kappa shape index (κ2) is 14.2. The predicted molar refractivity (Wildman–Crippen MR) is 160 cm³/mol. The highest BCUT2D eigenvalue weighted by Gasteiger charge is 2.33. The van der Waals surface area contributed by atoms with E-state index in [4.69, 9.17) is 0 Å². The summed E-state index contributed by atoms with van der Waals surface area (Å²) < 4.78 is 28.5. The van der Waals surface area contributed by atoms with Gasteiger partial charge in [0.05, 0.1) is 11.4 Å². The fourth-order valence-electron chi connectivity index (χ4n) is 4.58. The highest BCUT2D eigenvalue weighted by molar-refractivity contribution is 7.90. The van der Waals surface area contributed by atoms with E-state index >= 15 is 0 Å². The Hall–Kier alpha value is -4.06. The normalized spacial score (nSPS) is 12.9. The fraction of sp³-hybridized carbons (Fsp3) is 0.433. The number of nitrogens with zero attached hydrogens (tertiary/aromatic N) is 4. The van der Waals surface area contributed by atoms with Crippen molar-refractivity contribution in [2.75, 3.05) is 12.8 Å². The zero-order chi connectivity index (χ0) is 31.0. The van der Waals surface area contributed by atoms with E-state index in [1.54, 1.807) is 44.0 Å². The van der Waals surface area contributed by atoms with Crippen LogP contribution in [0.3, 0.4) is 0 Å². The maximum atomic E-state index is 13.8. The minimum absolute atomic E-state index is 0.151. The summed E-state index contributed by atoms with van der Waals surface area (Å²) in [5.41, 5.74) is 3.81. The van der Waals surface area contributed by atoms with Gasteiger partial charge in [0, 0.05) is 19.0 Å². The average molecular weight is 597 g/mol. The number of rotatable bonds is 13. The summed E-state index contributed by atoms with van der Waals surface area (Å²) in [5.74, 6) is -2.34. The molecular weight excluding hydrogens is 556 g/mol. The van der Waals surface area contributed by atoms with Crippen molar-refractivity contribution in [3.8, 4) is 5.69 Å². The van der Waals surface area contributed by atoms with Crippen LogP contribution in [0.5, 0.6) is 0 Å². The first-order valence-electron chi connectivity index (χ1n) is 14.0. The number of unbranched alkanes of at least 4 members (excludes halogenated alkanes) is 1. The molecule has 0 fully saturated rings. The molecule has 3 amide bonds. The maximum absolute atomic E-state index is 13.8. The van der Waals surface area contributed by atoms with E-state index in [1.807, 2.05) is 51.1 Å². The van der Waals surface area contributed by atoms with E-state index in [2.05, 4.69) is 20.1 Å². The number of hydrogen-bond donors (Lipinski definition) is 2. The van der Waals surface area contributed by atoms with Crippen LogP contribution in [-0.4, -0.2) is 70.7 Å². The summed E-state index contributed by atoms with van der Waals surface area (Å²) >= 11 is 0. The van der Waals surface area contributed by atoms with Crippen molar-refractivity contribution < 1.29 is 22.8 Å². The van der Waals surface area contributed by atoms with Crippen LogP contribution in [0.15, 0.2) is 55.1 Å². The van der Waals surface area contributed by atoms with Gasteiger partial charge in [0.1, 0.15) is 24.7 Å². The molecule has 0 aliphatic carbocycles. The number of hydrogen-bond acceptors (Lipinski definition) is 7. The van der Waals surface area contributed by atoms with Crippen LogP contribution in [-0.2, 0) is 26.0 Å². The molecule has 0 aliphatic rings. The molecule has 42 heavy (non-hydrogen) atoms. The smallest absolute Gasteiger partial charge is 0.256 e. The van der Waals surface area contributed by atoms with Crippen LogP contribution in [0.4, 0.5) is 0 Å². The molecule has 12 heteroatoms. The molecule has 3 rings (SSSR count). The number of benzene rings is 2. The van der Waals surface area contributed by atoms with E-state index in [0.717, 1.165) is 22.4 Å². The molecule has 0 unspecified atom stereocenters. The molecule has 11 nitrogen and oxygen atoms in total. The number of aromatic nitrogens is 3. The van der Waals surface area contributed by atoms with Gasteiger partial charge >= 0.3 is 0 Å². The maximum Gasteiger partial charge on any atom is 0.256 e. The lowest BCUT2D eigenvalue weighted by molar-refractivity contribution is -0.131. The van der Waals surface area contributed by atoms with Gasteiger partial charge in [-0.25, -0.2) is 18.1 Å².